The largest absolute Gasteiger partial charge is 0.327 e. The van der Waals surface area contributed by atoms with Crippen LogP contribution in [0.25, 0.3) is 0 Å². The number of hydrogen-bond acceptors (Lipinski definition) is 4. The van der Waals surface area contributed by atoms with Gasteiger partial charge in [0.2, 0.25) is 5.91 Å². The summed E-state index contributed by atoms with van der Waals surface area (Å²) in [5.41, 5.74) is 10.2. The second-order valence-electron chi connectivity index (χ2n) is 4.24. The molecule has 0 spiro atoms. The molecule has 0 bridgehead atoms. The highest BCUT2D eigenvalue weighted by Gasteiger charge is 2.02. The Hall–Kier alpha value is -1.04. The predicted octanol–water partition coefficient (Wildman–Crippen LogP) is 1.19. The highest BCUT2D eigenvalue weighted by molar-refractivity contribution is 7.98. The smallest absolute Gasteiger partial charge is 0.238 e. The highest BCUT2D eigenvalue weighted by atomic mass is 32.2. The van der Waals surface area contributed by atoms with Crippen molar-refractivity contribution in [3.05, 3.63) is 35.4 Å². The van der Waals surface area contributed by atoms with Gasteiger partial charge in [0.05, 0.1) is 6.42 Å². The molecule has 5 N–H and O–H groups in total. The number of nitrogens with two attached hydrogens (primary N) is 2. The lowest BCUT2D eigenvalue weighted by Gasteiger charge is -2.08. The van der Waals surface area contributed by atoms with Crippen molar-refractivity contribution < 1.29 is 4.79 Å². The van der Waals surface area contributed by atoms with Crippen LogP contribution in [0.15, 0.2) is 24.3 Å². The van der Waals surface area contributed by atoms with Crippen LogP contribution in [0.3, 0.4) is 0 Å². The molecule has 0 saturated heterocycles. The standard InChI is InChI=1S/C13H21N3OS/c1-2-12(14)9-18-8-11-5-3-10(4-6-11)7-13(17)16-15/h3-6,12H,2,7-9,14-15H2,1H3,(H,16,17). The van der Waals surface area contributed by atoms with Crippen LogP contribution < -0.4 is 17.0 Å². The van der Waals surface area contributed by atoms with Crippen LogP contribution in [0.2, 0.25) is 0 Å². The van der Waals surface area contributed by atoms with Crippen molar-refractivity contribution in [2.75, 3.05) is 5.75 Å². The summed E-state index contributed by atoms with van der Waals surface area (Å²) < 4.78 is 0. The molecule has 1 aromatic rings. The molecule has 1 atom stereocenters. The van der Waals surface area contributed by atoms with Gasteiger partial charge in [0.1, 0.15) is 0 Å². The summed E-state index contributed by atoms with van der Waals surface area (Å²) in [4.78, 5) is 11.1. The van der Waals surface area contributed by atoms with Gasteiger partial charge in [-0.15, -0.1) is 0 Å². The van der Waals surface area contributed by atoms with Gasteiger partial charge in [-0.3, -0.25) is 10.2 Å². The van der Waals surface area contributed by atoms with E-state index in [-0.39, 0.29) is 11.9 Å². The molecule has 0 aliphatic heterocycles. The first-order valence-electron chi connectivity index (χ1n) is 6.06. The fraction of sp³-hybridized carbons (Fsp3) is 0.462. The maximum absolute atomic E-state index is 11.1. The van der Waals surface area contributed by atoms with Gasteiger partial charge < -0.3 is 5.73 Å². The Balaban J connectivity index is 2.38. The Morgan fingerprint density at radius 3 is 2.50 bits per heavy atom. The normalized spacial score (nSPS) is 12.2. The van der Waals surface area contributed by atoms with Crippen LogP contribution in [-0.2, 0) is 17.0 Å². The summed E-state index contributed by atoms with van der Waals surface area (Å²) in [6, 6.07) is 8.30. The predicted molar refractivity (Wildman–Crippen MR) is 76.9 cm³/mol. The fourth-order valence-corrected chi connectivity index (χ4v) is 2.52. The van der Waals surface area contributed by atoms with Crippen molar-refractivity contribution >= 4 is 17.7 Å². The molecule has 100 valence electrons. The number of hydrazine groups is 1. The van der Waals surface area contributed by atoms with Crippen molar-refractivity contribution in [1.29, 1.82) is 0 Å². The summed E-state index contributed by atoms with van der Waals surface area (Å²) >= 11 is 1.84. The average molecular weight is 267 g/mol. The zero-order chi connectivity index (χ0) is 13.4. The number of carbonyl (C=O) groups excluding carboxylic acids is 1. The zero-order valence-corrected chi connectivity index (χ0v) is 11.5. The topological polar surface area (TPSA) is 81.1 Å². The Bertz CT molecular complexity index is 367. The molecule has 0 saturated carbocycles. The fourth-order valence-electron chi connectivity index (χ4n) is 1.44. The lowest BCUT2D eigenvalue weighted by atomic mass is 10.1. The molecule has 0 fully saturated rings. The summed E-state index contributed by atoms with van der Waals surface area (Å²) in [6.45, 7) is 2.10. The molecule has 1 unspecified atom stereocenters. The maximum Gasteiger partial charge on any atom is 0.238 e. The van der Waals surface area contributed by atoms with E-state index in [1.54, 1.807) is 0 Å². The van der Waals surface area contributed by atoms with Gasteiger partial charge in [0.25, 0.3) is 0 Å². The third kappa shape index (κ3) is 5.53. The number of rotatable bonds is 7. The van der Waals surface area contributed by atoms with E-state index in [0.29, 0.717) is 6.42 Å². The van der Waals surface area contributed by atoms with Crippen LogP contribution in [0.1, 0.15) is 24.5 Å². The molecule has 1 rings (SSSR count). The molecule has 0 radical (unpaired) electrons. The Morgan fingerprint density at radius 2 is 1.94 bits per heavy atom. The van der Waals surface area contributed by atoms with Crippen LogP contribution >= 0.6 is 11.8 Å². The number of benzene rings is 1. The maximum atomic E-state index is 11.1. The molecule has 1 aromatic carbocycles. The van der Waals surface area contributed by atoms with E-state index in [4.69, 9.17) is 11.6 Å². The number of amides is 1. The third-order valence-electron chi connectivity index (χ3n) is 2.67. The van der Waals surface area contributed by atoms with Gasteiger partial charge in [-0.1, -0.05) is 31.2 Å². The van der Waals surface area contributed by atoms with Gasteiger partial charge in [-0.05, 0) is 17.5 Å². The van der Waals surface area contributed by atoms with E-state index < -0.39 is 0 Å². The summed E-state index contributed by atoms with van der Waals surface area (Å²) in [5, 5.41) is 0. The van der Waals surface area contributed by atoms with Crippen molar-refractivity contribution in [2.45, 2.75) is 31.6 Å². The minimum absolute atomic E-state index is 0.175. The molecule has 18 heavy (non-hydrogen) atoms. The first-order valence-corrected chi connectivity index (χ1v) is 7.21. The molecule has 4 nitrogen and oxygen atoms in total. The molecular formula is C13H21N3OS. The quantitative estimate of drug-likeness (QED) is 0.394. The molecule has 0 heterocycles. The Labute approximate surface area is 112 Å². The summed E-state index contributed by atoms with van der Waals surface area (Å²) in [6.07, 6.45) is 1.34. The number of nitrogens with one attached hydrogen (secondary N) is 1. The van der Waals surface area contributed by atoms with Crippen molar-refractivity contribution in [1.82, 2.24) is 5.43 Å². The third-order valence-corrected chi connectivity index (χ3v) is 3.87. The zero-order valence-electron chi connectivity index (χ0n) is 10.7. The van der Waals surface area contributed by atoms with Gasteiger partial charge in [0.15, 0.2) is 0 Å². The number of thioether (sulfide) groups is 1. The minimum atomic E-state index is -0.175. The number of hydrogen-bond donors (Lipinski definition) is 3. The van der Waals surface area contributed by atoms with Gasteiger partial charge >= 0.3 is 0 Å². The Morgan fingerprint density at radius 1 is 1.33 bits per heavy atom. The van der Waals surface area contributed by atoms with Crippen LogP contribution in [0.4, 0.5) is 0 Å². The first kappa shape index (κ1) is 15.0. The van der Waals surface area contributed by atoms with E-state index in [2.05, 4.69) is 12.3 Å². The van der Waals surface area contributed by atoms with Gasteiger partial charge in [-0.2, -0.15) is 11.8 Å². The van der Waals surface area contributed by atoms with Crippen LogP contribution in [0.5, 0.6) is 0 Å². The second-order valence-corrected chi connectivity index (χ2v) is 5.27. The summed E-state index contributed by atoms with van der Waals surface area (Å²) in [7, 11) is 0. The summed E-state index contributed by atoms with van der Waals surface area (Å²) in [5.74, 6) is 6.80. The molecule has 1 amide bonds. The monoisotopic (exact) mass is 267 g/mol. The second kappa shape index (κ2) is 8.13. The van der Waals surface area contributed by atoms with E-state index in [0.717, 1.165) is 23.5 Å². The minimum Gasteiger partial charge on any atom is -0.327 e. The first-order chi connectivity index (χ1) is 8.65. The van der Waals surface area contributed by atoms with E-state index in [9.17, 15) is 4.79 Å². The van der Waals surface area contributed by atoms with Crippen molar-refractivity contribution in [3.63, 3.8) is 0 Å². The molecule has 0 aromatic heterocycles. The van der Waals surface area contributed by atoms with Crippen molar-refractivity contribution in [2.24, 2.45) is 11.6 Å². The molecular weight excluding hydrogens is 246 g/mol. The SMILES string of the molecule is CCC(N)CSCc1ccc(CC(=O)NN)cc1. The molecule has 5 heteroatoms. The lowest BCUT2D eigenvalue weighted by Crippen LogP contribution is -2.31. The van der Waals surface area contributed by atoms with E-state index in [1.165, 1.54) is 5.56 Å². The van der Waals surface area contributed by atoms with Crippen molar-refractivity contribution in [3.8, 4) is 0 Å². The van der Waals surface area contributed by atoms with Crippen LogP contribution in [-0.4, -0.2) is 17.7 Å². The lowest BCUT2D eigenvalue weighted by molar-refractivity contribution is -0.120. The highest BCUT2D eigenvalue weighted by Crippen LogP contribution is 2.14. The Kier molecular flexibility index (Phi) is 6.78. The van der Waals surface area contributed by atoms with E-state index >= 15 is 0 Å². The van der Waals surface area contributed by atoms with E-state index in [1.807, 2.05) is 36.0 Å². The average Bonchev–Trinajstić information content (AvgIpc) is 2.40. The van der Waals surface area contributed by atoms with Crippen LogP contribution in [0, 0.1) is 0 Å². The molecule has 0 aliphatic carbocycles. The van der Waals surface area contributed by atoms with Gasteiger partial charge in [-0.25, -0.2) is 5.84 Å². The van der Waals surface area contributed by atoms with Gasteiger partial charge in [0, 0.05) is 17.5 Å². The number of carbonyl (C=O) groups is 1. The molecule has 0 aliphatic rings.